The second-order valence-electron chi connectivity index (χ2n) is 6.99. The Morgan fingerprint density at radius 1 is 1.00 bits per heavy atom. The molecule has 0 saturated carbocycles. The van der Waals surface area contributed by atoms with Crippen LogP contribution < -0.4 is 0 Å². The van der Waals surface area contributed by atoms with Crippen LogP contribution in [-0.4, -0.2) is 77.0 Å². The number of hydrogen-bond acceptors (Lipinski definition) is 4. The van der Waals surface area contributed by atoms with Crippen molar-refractivity contribution in [1.82, 2.24) is 14.7 Å². The molecule has 25 heavy (non-hydrogen) atoms. The maximum absolute atomic E-state index is 12.5. The fourth-order valence-corrected chi connectivity index (χ4v) is 3.64. The lowest BCUT2D eigenvalue weighted by Crippen LogP contribution is -2.39. The summed E-state index contributed by atoms with van der Waals surface area (Å²) in [6.45, 7) is 4.00. The van der Waals surface area contributed by atoms with Gasteiger partial charge in [-0.25, -0.2) is 0 Å². The molecule has 1 N–H and O–H groups in total. The number of carbonyl (C=O) groups is 2. The van der Waals surface area contributed by atoms with Gasteiger partial charge in [-0.15, -0.1) is 0 Å². The van der Waals surface area contributed by atoms with Crippen LogP contribution in [0.4, 0.5) is 0 Å². The molecule has 1 aromatic rings. The summed E-state index contributed by atoms with van der Waals surface area (Å²) in [6.07, 6.45) is 1.82. The minimum atomic E-state index is -0.538. The summed E-state index contributed by atoms with van der Waals surface area (Å²) < 4.78 is 0. The van der Waals surface area contributed by atoms with E-state index in [1.807, 2.05) is 40.1 Å². The Balaban J connectivity index is 1.50. The minimum absolute atomic E-state index is 0.0558. The number of amides is 2. The van der Waals surface area contributed by atoms with Gasteiger partial charge in [0, 0.05) is 45.7 Å². The predicted molar refractivity (Wildman–Crippen MR) is 94.7 cm³/mol. The maximum atomic E-state index is 12.5. The van der Waals surface area contributed by atoms with E-state index >= 15 is 0 Å². The number of β-amino-alcohol motifs (C(OH)–C–C–N with tert-alkyl or cyclic N) is 1. The zero-order chi connectivity index (χ0) is 17.6. The molecule has 2 saturated heterocycles. The zero-order valence-electron chi connectivity index (χ0n) is 14.6. The van der Waals surface area contributed by atoms with E-state index in [-0.39, 0.29) is 11.8 Å². The van der Waals surface area contributed by atoms with Crippen molar-refractivity contribution in [2.24, 2.45) is 0 Å². The van der Waals surface area contributed by atoms with Crippen molar-refractivity contribution in [1.29, 1.82) is 0 Å². The Labute approximate surface area is 149 Å². The molecular formula is C19H27N3O3. The van der Waals surface area contributed by atoms with E-state index < -0.39 is 6.10 Å². The molecule has 0 aromatic heterocycles. The molecular weight excluding hydrogens is 318 g/mol. The summed E-state index contributed by atoms with van der Waals surface area (Å²) in [5.74, 6) is 0.275. The van der Waals surface area contributed by atoms with Crippen LogP contribution in [0.1, 0.15) is 24.8 Å². The maximum Gasteiger partial charge on any atom is 0.236 e. The van der Waals surface area contributed by atoms with E-state index in [1.165, 1.54) is 0 Å². The molecule has 2 amide bonds. The molecule has 1 unspecified atom stereocenters. The lowest BCUT2D eigenvalue weighted by Gasteiger charge is -2.23. The zero-order valence-corrected chi connectivity index (χ0v) is 14.6. The Morgan fingerprint density at radius 3 is 2.48 bits per heavy atom. The highest BCUT2D eigenvalue weighted by Crippen LogP contribution is 2.13. The third-order valence-corrected chi connectivity index (χ3v) is 4.89. The van der Waals surface area contributed by atoms with Crippen molar-refractivity contribution >= 4 is 11.8 Å². The Morgan fingerprint density at radius 2 is 1.76 bits per heavy atom. The molecule has 0 aliphatic carbocycles. The van der Waals surface area contributed by atoms with E-state index in [0.717, 1.165) is 24.9 Å². The Bertz CT molecular complexity index is 593. The van der Waals surface area contributed by atoms with Crippen LogP contribution in [0.5, 0.6) is 0 Å². The number of nitrogens with zero attached hydrogens (tertiary/aromatic N) is 3. The smallest absolute Gasteiger partial charge is 0.236 e. The highest BCUT2D eigenvalue weighted by Gasteiger charge is 2.27. The molecule has 6 heteroatoms. The van der Waals surface area contributed by atoms with Crippen LogP contribution in [0.15, 0.2) is 30.3 Å². The van der Waals surface area contributed by atoms with E-state index in [4.69, 9.17) is 0 Å². The van der Waals surface area contributed by atoms with Crippen molar-refractivity contribution in [3.63, 3.8) is 0 Å². The number of aliphatic hydroxyl groups excluding tert-OH is 1. The van der Waals surface area contributed by atoms with Crippen molar-refractivity contribution < 1.29 is 14.7 Å². The lowest BCUT2D eigenvalue weighted by molar-refractivity contribution is -0.131. The first-order valence-electron chi connectivity index (χ1n) is 9.12. The average Bonchev–Trinajstić information content (AvgIpc) is 2.93. The molecule has 2 heterocycles. The quantitative estimate of drug-likeness (QED) is 0.825. The second kappa shape index (κ2) is 8.45. The molecule has 136 valence electrons. The Hall–Kier alpha value is -1.92. The average molecular weight is 345 g/mol. The summed E-state index contributed by atoms with van der Waals surface area (Å²) in [7, 11) is 0. The largest absolute Gasteiger partial charge is 0.390 e. The Kier molecular flexibility index (Phi) is 6.04. The fourth-order valence-electron chi connectivity index (χ4n) is 3.64. The van der Waals surface area contributed by atoms with Gasteiger partial charge in [-0.1, -0.05) is 30.3 Å². The molecule has 0 spiro atoms. The van der Waals surface area contributed by atoms with Gasteiger partial charge in [-0.2, -0.15) is 0 Å². The van der Waals surface area contributed by atoms with Gasteiger partial charge < -0.3 is 14.9 Å². The molecule has 2 aliphatic rings. The van der Waals surface area contributed by atoms with Gasteiger partial charge in [-0.3, -0.25) is 14.5 Å². The van der Waals surface area contributed by atoms with Gasteiger partial charge in [0.2, 0.25) is 11.8 Å². The van der Waals surface area contributed by atoms with Crippen LogP contribution in [-0.2, 0) is 16.1 Å². The number of rotatable bonds is 6. The predicted octanol–water partition coefficient (Wildman–Crippen LogP) is 0.704. The highest BCUT2D eigenvalue weighted by atomic mass is 16.3. The summed E-state index contributed by atoms with van der Waals surface area (Å²) >= 11 is 0. The van der Waals surface area contributed by atoms with E-state index in [2.05, 4.69) is 0 Å². The van der Waals surface area contributed by atoms with E-state index in [0.29, 0.717) is 45.7 Å². The number of aliphatic hydroxyl groups is 1. The first-order chi connectivity index (χ1) is 12.1. The molecule has 1 aromatic carbocycles. The van der Waals surface area contributed by atoms with Gasteiger partial charge in [-0.05, 0) is 18.4 Å². The standard InChI is InChI=1S/C19H27N3O3/c23-17-13-20(12-16-6-2-1-3-7-16)15-19(25)22(14-17)11-5-10-21-9-4-8-18(21)24/h1-3,6-7,17,23H,4-5,8-15H2. The highest BCUT2D eigenvalue weighted by molar-refractivity contribution is 5.79. The van der Waals surface area contributed by atoms with Crippen LogP contribution >= 0.6 is 0 Å². The van der Waals surface area contributed by atoms with Crippen LogP contribution in [0.2, 0.25) is 0 Å². The van der Waals surface area contributed by atoms with Gasteiger partial charge in [0.05, 0.1) is 12.6 Å². The number of hydrogen-bond donors (Lipinski definition) is 1. The lowest BCUT2D eigenvalue weighted by atomic mass is 10.2. The van der Waals surface area contributed by atoms with Crippen LogP contribution in [0.3, 0.4) is 0 Å². The van der Waals surface area contributed by atoms with Crippen LogP contribution in [0, 0.1) is 0 Å². The summed E-state index contributed by atoms with van der Waals surface area (Å²) in [4.78, 5) is 29.8. The topological polar surface area (TPSA) is 64.1 Å². The number of carbonyl (C=O) groups excluding carboxylic acids is 2. The molecule has 3 rings (SSSR count). The van der Waals surface area contributed by atoms with Crippen molar-refractivity contribution in [3.05, 3.63) is 35.9 Å². The minimum Gasteiger partial charge on any atom is -0.390 e. The van der Waals surface area contributed by atoms with Crippen molar-refractivity contribution in [2.75, 3.05) is 39.3 Å². The summed E-state index contributed by atoms with van der Waals surface area (Å²) in [5, 5.41) is 10.3. The normalized spacial score (nSPS) is 22.5. The summed E-state index contributed by atoms with van der Waals surface area (Å²) in [6, 6.07) is 10.0. The number of likely N-dealkylation sites (tertiary alicyclic amines) is 1. The molecule has 2 aliphatic heterocycles. The van der Waals surface area contributed by atoms with E-state index in [9.17, 15) is 14.7 Å². The van der Waals surface area contributed by atoms with Gasteiger partial charge in [0.1, 0.15) is 0 Å². The van der Waals surface area contributed by atoms with Crippen LogP contribution in [0.25, 0.3) is 0 Å². The molecule has 0 bridgehead atoms. The van der Waals surface area contributed by atoms with Gasteiger partial charge in [0.15, 0.2) is 0 Å². The van der Waals surface area contributed by atoms with Crippen molar-refractivity contribution in [3.8, 4) is 0 Å². The molecule has 1 atom stereocenters. The first-order valence-corrected chi connectivity index (χ1v) is 9.12. The monoisotopic (exact) mass is 345 g/mol. The SMILES string of the molecule is O=C1CCCN1CCCN1CC(O)CN(Cc2ccccc2)CC1=O. The van der Waals surface area contributed by atoms with Gasteiger partial charge in [0.25, 0.3) is 0 Å². The summed E-state index contributed by atoms with van der Waals surface area (Å²) in [5.41, 5.74) is 1.14. The van der Waals surface area contributed by atoms with Gasteiger partial charge >= 0.3 is 0 Å². The fraction of sp³-hybridized carbons (Fsp3) is 0.579. The number of benzene rings is 1. The van der Waals surface area contributed by atoms with Crippen molar-refractivity contribution in [2.45, 2.75) is 31.9 Å². The second-order valence-corrected chi connectivity index (χ2v) is 6.99. The molecule has 2 fully saturated rings. The first kappa shape index (κ1) is 17.9. The molecule has 6 nitrogen and oxygen atoms in total. The molecule has 0 radical (unpaired) electrons. The third-order valence-electron chi connectivity index (χ3n) is 4.89. The van der Waals surface area contributed by atoms with E-state index in [1.54, 1.807) is 4.90 Å². The third kappa shape index (κ3) is 5.03.